The number of esters is 1. The molecule has 1 unspecified atom stereocenters. The Kier molecular flexibility index (Phi) is 4.25. The fourth-order valence-electron chi connectivity index (χ4n) is 3.51. The van der Waals surface area contributed by atoms with Gasteiger partial charge in [-0.25, -0.2) is 19.1 Å². The number of carbonyl (C=O) groups excluding carboxylic acids is 3. The third-order valence-corrected chi connectivity index (χ3v) is 5.05. The van der Waals surface area contributed by atoms with E-state index in [-0.39, 0.29) is 18.5 Å². The summed E-state index contributed by atoms with van der Waals surface area (Å²) in [5.74, 6) is 0.916. The van der Waals surface area contributed by atoms with E-state index in [1.54, 1.807) is 19.2 Å². The SMILES string of the molecule is COC(=O)COc1ccc(N2CC[N+]3=C2N=C2C3C(=O)N(C)C(=O)N2C)cc1. The van der Waals surface area contributed by atoms with Crippen LogP contribution in [0, 0.1) is 0 Å². The summed E-state index contributed by atoms with van der Waals surface area (Å²) in [6.45, 7) is 1.13. The molecular weight excluding hydrogens is 366 g/mol. The molecule has 3 aliphatic heterocycles. The van der Waals surface area contributed by atoms with Gasteiger partial charge in [0.15, 0.2) is 6.61 Å². The molecule has 0 radical (unpaired) electrons. The second kappa shape index (κ2) is 6.63. The number of likely N-dealkylation sites (N-methyl/N-ethyl adjacent to an activating group) is 2. The molecule has 0 N–H and O–H groups in total. The van der Waals surface area contributed by atoms with Crippen LogP contribution >= 0.6 is 0 Å². The van der Waals surface area contributed by atoms with Gasteiger partial charge in [-0.3, -0.25) is 14.6 Å². The zero-order chi connectivity index (χ0) is 20.0. The van der Waals surface area contributed by atoms with Crippen molar-refractivity contribution >= 4 is 35.4 Å². The fourth-order valence-corrected chi connectivity index (χ4v) is 3.51. The molecule has 0 bridgehead atoms. The molecule has 1 aromatic rings. The zero-order valence-electron chi connectivity index (χ0n) is 15.8. The van der Waals surface area contributed by atoms with Crippen molar-refractivity contribution in [2.24, 2.45) is 4.99 Å². The first-order valence-electron chi connectivity index (χ1n) is 8.77. The summed E-state index contributed by atoms with van der Waals surface area (Å²) in [6.07, 6.45) is 0. The molecule has 1 atom stereocenters. The number of carbonyl (C=O) groups is 3. The van der Waals surface area contributed by atoms with E-state index in [0.29, 0.717) is 30.6 Å². The fraction of sp³-hybridized carbons (Fsp3) is 0.389. The molecular formula is C18H20N5O5+. The van der Waals surface area contributed by atoms with Crippen LogP contribution in [-0.4, -0.2) is 91.0 Å². The highest BCUT2D eigenvalue weighted by molar-refractivity contribution is 6.24. The van der Waals surface area contributed by atoms with Gasteiger partial charge in [0.1, 0.15) is 18.0 Å². The number of nitrogens with zero attached hydrogens (tertiary/aromatic N) is 5. The molecule has 3 aliphatic rings. The van der Waals surface area contributed by atoms with Crippen molar-refractivity contribution in [1.82, 2.24) is 9.80 Å². The van der Waals surface area contributed by atoms with Crippen LogP contribution in [0.25, 0.3) is 0 Å². The molecule has 3 heterocycles. The first-order chi connectivity index (χ1) is 13.4. The number of urea groups is 1. The minimum atomic E-state index is -0.574. The lowest BCUT2D eigenvalue weighted by atomic mass is 10.1. The lowest BCUT2D eigenvalue weighted by Crippen LogP contribution is -2.61. The molecule has 3 amide bonds. The lowest BCUT2D eigenvalue weighted by Gasteiger charge is -2.31. The van der Waals surface area contributed by atoms with E-state index in [2.05, 4.69) is 9.73 Å². The maximum absolute atomic E-state index is 12.6. The minimum Gasteiger partial charge on any atom is -0.482 e. The van der Waals surface area contributed by atoms with Gasteiger partial charge in [-0.1, -0.05) is 4.99 Å². The predicted molar refractivity (Wildman–Crippen MR) is 98.6 cm³/mol. The Hall–Kier alpha value is -3.43. The molecule has 1 aromatic carbocycles. The van der Waals surface area contributed by atoms with Crippen LogP contribution in [0.5, 0.6) is 5.75 Å². The average molecular weight is 386 g/mol. The Labute approximate surface area is 161 Å². The monoisotopic (exact) mass is 386 g/mol. The molecule has 0 aromatic heterocycles. The zero-order valence-corrected chi connectivity index (χ0v) is 15.8. The van der Waals surface area contributed by atoms with E-state index in [9.17, 15) is 14.4 Å². The van der Waals surface area contributed by atoms with Crippen LogP contribution in [-0.2, 0) is 14.3 Å². The molecule has 146 valence electrons. The number of guanidine groups is 1. The topological polar surface area (TPSA) is 94.8 Å². The van der Waals surface area contributed by atoms with Gasteiger partial charge in [-0.2, -0.15) is 0 Å². The number of hydrogen-bond acceptors (Lipinski definition) is 7. The summed E-state index contributed by atoms with van der Waals surface area (Å²) in [5.41, 5.74) is 0.876. The van der Waals surface area contributed by atoms with Gasteiger partial charge >= 0.3 is 18.0 Å². The number of ether oxygens (including phenoxy) is 2. The number of methoxy groups -OCH3 is 1. The van der Waals surface area contributed by atoms with E-state index in [1.165, 1.54) is 19.1 Å². The summed E-state index contributed by atoms with van der Waals surface area (Å²) < 4.78 is 11.8. The Morgan fingerprint density at radius 2 is 1.93 bits per heavy atom. The summed E-state index contributed by atoms with van der Waals surface area (Å²) >= 11 is 0. The highest BCUT2D eigenvalue weighted by Crippen LogP contribution is 2.27. The van der Waals surface area contributed by atoms with Crippen LogP contribution in [0.3, 0.4) is 0 Å². The summed E-state index contributed by atoms with van der Waals surface area (Å²) in [7, 11) is 4.41. The van der Waals surface area contributed by atoms with E-state index >= 15 is 0 Å². The maximum Gasteiger partial charge on any atom is 0.397 e. The Balaban J connectivity index is 1.57. The first-order valence-corrected chi connectivity index (χ1v) is 8.77. The lowest BCUT2D eigenvalue weighted by molar-refractivity contribution is -0.525. The van der Waals surface area contributed by atoms with Gasteiger partial charge < -0.3 is 9.47 Å². The molecule has 10 nitrogen and oxygen atoms in total. The normalized spacial score (nSPS) is 21.0. The van der Waals surface area contributed by atoms with Crippen LogP contribution in [0.1, 0.15) is 0 Å². The molecule has 10 heteroatoms. The van der Waals surface area contributed by atoms with Gasteiger partial charge in [0.05, 0.1) is 13.7 Å². The van der Waals surface area contributed by atoms with Crippen molar-refractivity contribution in [3.63, 3.8) is 0 Å². The Morgan fingerprint density at radius 3 is 2.61 bits per heavy atom. The smallest absolute Gasteiger partial charge is 0.397 e. The summed E-state index contributed by atoms with van der Waals surface area (Å²) in [6, 6.07) is 6.26. The van der Waals surface area contributed by atoms with E-state index < -0.39 is 12.0 Å². The molecule has 1 fully saturated rings. The summed E-state index contributed by atoms with van der Waals surface area (Å²) in [5, 5.41) is 0. The minimum absolute atomic E-state index is 0.157. The van der Waals surface area contributed by atoms with Crippen molar-refractivity contribution in [2.75, 3.05) is 45.8 Å². The number of benzene rings is 1. The van der Waals surface area contributed by atoms with Crippen LogP contribution in [0.15, 0.2) is 29.3 Å². The number of hydrogen-bond donors (Lipinski definition) is 0. The third kappa shape index (κ3) is 2.68. The van der Waals surface area contributed by atoms with Gasteiger partial charge in [-0.15, -0.1) is 0 Å². The van der Waals surface area contributed by atoms with E-state index in [1.807, 2.05) is 21.6 Å². The largest absolute Gasteiger partial charge is 0.482 e. The number of aliphatic imine (C=N–C) groups is 1. The highest BCUT2D eigenvalue weighted by Gasteiger charge is 2.54. The number of fused-ring (bicyclic) bond motifs is 2. The number of rotatable bonds is 4. The average Bonchev–Trinajstić information content (AvgIpc) is 3.28. The summed E-state index contributed by atoms with van der Waals surface area (Å²) in [4.78, 5) is 45.1. The van der Waals surface area contributed by atoms with Gasteiger partial charge in [0, 0.05) is 14.1 Å². The van der Waals surface area contributed by atoms with Gasteiger partial charge in [0.25, 0.3) is 5.91 Å². The Morgan fingerprint density at radius 1 is 1.21 bits per heavy atom. The number of amidine groups is 1. The number of anilines is 1. The van der Waals surface area contributed by atoms with Crippen molar-refractivity contribution in [3.8, 4) is 5.75 Å². The number of amides is 3. The quantitative estimate of drug-likeness (QED) is 0.522. The standard InChI is InChI=1S/C18H20N5O5/c1-20-15-14(16(25)21(2)18(20)26)23-9-8-22(17(23)19-15)11-4-6-12(7-5-11)28-10-13(24)27-3/h4-7,14H,8-10H2,1-3H3/q+1. The molecule has 4 rings (SSSR count). The predicted octanol–water partition coefficient (Wildman–Crippen LogP) is -0.269. The van der Waals surface area contributed by atoms with Gasteiger partial charge in [-0.05, 0) is 24.3 Å². The second-order valence-corrected chi connectivity index (χ2v) is 6.62. The van der Waals surface area contributed by atoms with Crippen LogP contribution in [0.2, 0.25) is 0 Å². The van der Waals surface area contributed by atoms with Crippen LogP contribution < -0.4 is 9.64 Å². The molecule has 0 saturated carbocycles. The third-order valence-electron chi connectivity index (χ3n) is 5.05. The second-order valence-electron chi connectivity index (χ2n) is 6.62. The van der Waals surface area contributed by atoms with Crippen molar-refractivity contribution in [3.05, 3.63) is 24.3 Å². The molecule has 0 aliphatic carbocycles. The van der Waals surface area contributed by atoms with Crippen LogP contribution in [0.4, 0.5) is 10.5 Å². The highest BCUT2D eigenvalue weighted by atomic mass is 16.6. The molecule has 0 spiro atoms. The number of imide groups is 1. The van der Waals surface area contributed by atoms with E-state index in [0.717, 1.165) is 10.6 Å². The van der Waals surface area contributed by atoms with E-state index in [4.69, 9.17) is 4.74 Å². The maximum atomic E-state index is 12.6. The van der Waals surface area contributed by atoms with Crippen molar-refractivity contribution < 1.29 is 28.4 Å². The first kappa shape index (κ1) is 18.0. The molecule has 1 saturated heterocycles. The Bertz CT molecular complexity index is 923. The van der Waals surface area contributed by atoms with Crippen molar-refractivity contribution in [2.45, 2.75) is 6.04 Å². The van der Waals surface area contributed by atoms with Gasteiger partial charge in [0.2, 0.25) is 11.9 Å². The van der Waals surface area contributed by atoms with Crippen molar-refractivity contribution in [1.29, 1.82) is 0 Å². The molecule has 28 heavy (non-hydrogen) atoms.